The van der Waals surface area contributed by atoms with E-state index in [1.54, 1.807) is 23.5 Å². The van der Waals surface area contributed by atoms with Gasteiger partial charge >= 0.3 is 0 Å². The molecule has 0 aliphatic carbocycles. The predicted octanol–water partition coefficient (Wildman–Crippen LogP) is 12.7. The average molecular weight is 678 g/mol. The van der Waals surface area contributed by atoms with Crippen molar-refractivity contribution >= 4 is 75.4 Å². The second-order valence-corrected chi connectivity index (χ2v) is 13.4. The minimum Gasteiger partial charge on any atom is -0.456 e. The number of thiophene rings is 1. The van der Waals surface area contributed by atoms with Gasteiger partial charge < -0.3 is 8.83 Å². The summed E-state index contributed by atoms with van der Waals surface area (Å²) < 4.78 is 69.9. The Hall–Kier alpha value is -6.63. The molecule has 51 heavy (non-hydrogen) atoms. The Balaban J connectivity index is 1.19. The van der Waals surface area contributed by atoms with Crippen LogP contribution in [-0.2, 0) is 0 Å². The Morgan fingerprint density at radius 2 is 1.24 bits per heavy atom. The monoisotopic (exact) mass is 677 g/mol. The molecule has 5 nitrogen and oxygen atoms in total. The molecular weight excluding hydrogens is 647 g/mol. The van der Waals surface area contributed by atoms with Gasteiger partial charge in [0.25, 0.3) is 0 Å². The highest BCUT2D eigenvalue weighted by Crippen LogP contribution is 2.41. The maximum absolute atomic E-state index is 9.58. The minimum atomic E-state index is -0.358. The summed E-state index contributed by atoms with van der Waals surface area (Å²) in [7, 11) is 0. The Labute approximate surface area is 303 Å². The van der Waals surface area contributed by atoms with Crippen LogP contribution in [0.1, 0.15) is 8.22 Å². The highest BCUT2D eigenvalue weighted by molar-refractivity contribution is 7.25. The lowest BCUT2D eigenvalue weighted by atomic mass is 10.00. The van der Waals surface area contributed by atoms with Crippen LogP contribution in [0.15, 0.2) is 160 Å². The number of fused-ring (bicyclic) bond motifs is 9. The standard InChI is InChI=1S/C45H25N3O2S/c1-2-10-26(11-3-1)43-46-44(48-45(47-43)34-16-9-19-40-41(34)33-13-5-7-18-39(33)51-40)28-20-22-31-32-15-8-14-29(42(32)50-38(31)25-28)27-21-23-37-35(24-27)30-12-4-6-17-36(30)49-37/h1-25H/i8D,14D,15D,20D,22D,25D. The topological polar surface area (TPSA) is 65.0 Å². The van der Waals surface area contributed by atoms with Gasteiger partial charge in [-0.3, -0.25) is 0 Å². The zero-order valence-corrected chi connectivity index (χ0v) is 27.4. The Bertz CT molecular complexity index is 3510. The molecule has 0 unspecified atom stereocenters. The smallest absolute Gasteiger partial charge is 0.164 e. The quantitative estimate of drug-likeness (QED) is 0.185. The molecule has 0 spiro atoms. The van der Waals surface area contributed by atoms with Crippen LogP contribution in [-0.4, -0.2) is 15.0 Å². The van der Waals surface area contributed by atoms with Crippen molar-refractivity contribution in [3.63, 3.8) is 0 Å². The molecule has 11 aromatic rings. The highest BCUT2D eigenvalue weighted by atomic mass is 32.1. The van der Waals surface area contributed by atoms with Gasteiger partial charge in [-0.2, -0.15) is 0 Å². The molecular formula is C45H25N3O2S. The van der Waals surface area contributed by atoms with Crippen molar-refractivity contribution in [3.8, 4) is 45.3 Å². The number of rotatable bonds is 4. The summed E-state index contributed by atoms with van der Waals surface area (Å²) in [5.74, 6) is 0.698. The van der Waals surface area contributed by atoms with Crippen molar-refractivity contribution in [2.75, 3.05) is 0 Å². The summed E-state index contributed by atoms with van der Waals surface area (Å²) in [4.78, 5) is 14.7. The molecule has 0 atom stereocenters. The van der Waals surface area contributed by atoms with Crippen LogP contribution in [0.3, 0.4) is 0 Å². The zero-order chi connectivity index (χ0) is 38.7. The lowest BCUT2D eigenvalue weighted by molar-refractivity contribution is 0.668. The van der Waals surface area contributed by atoms with E-state index < -0.39 is 0 Å². The molecule has 0 aliphatic rings. The first-order valence-electron chi connectivity index (χ1n) is 19.4. The number of benzene rings is 7. The van der Waals surface area contributed by atoms with Gasteiger partial charge in [-0.05, 0) is 48.0 Å². The molecule has 0 saturated heterocycles. The first-order chi connectivity index (χ1) is 27.8. The number of para-hydroxylation sites is 2. The van der Waals surface area contributed by atoms with E-state index in [-0.39, 0.29) is 75.1 Å². The number of nitrogens with zero attached hydrogens (tertiary/aromatic N) is 3. The molecule has 0 bridgehead atoms. The van der Waals surface area contributed by atoms with Crippen molar-refractivity contribution in [2.45, 2.75) is 0 Å². The van der Waals surface area contributed by atoms with E-state index in [1.165, 1.54) is 0 Å². The van der Waals surface area contributed by atoms with E-state index in [9.17, 15) is 4.11 Å². The minimum absolute atomic E-state index is 0.0206. The van der Waals surface area contributed by atoms with Crippen molar-refractivity contribution < 1.29 is 17.1 Å². The molecule has 0 saturated carbocycles. The summed E-state index contributed by atoms with van der Waals surface area (Å²) >= 11 is 1.67. The maximum atomic E-state index is 9.58. The summed E-state index contributed by atoms with van der Waals surface area (Å²) in [5, 5.41) is 3.86. The molecule has 0 fully saturated rings. The number of hydrogen-bond donors (Lipinski definition) is 0. The van der Waals surface area contributed by atoms with E-state index in [0.717, 1.165) is 36.5 Å². The molecule has 6 heteroatoms. The predicted molar refractivity (Wildman–Crippen MR) is 209 cm³/mol. The van der Waals surface area contributed by atoms with Crippen molar-refractivity contribution in [3.05, 3.63) is 152 Å². The summed E-state index contributed by atoms with van der Waals surface area (Å²) in [6.45, 7) is 0. The summed E-state index contributed by atoms with van der Waals surface area (Å²) in [5.41, 5.74) is 3.59. The molecule has 0 N–H and O–H groups in total. The van der Waals surface area contributed by atoms with Gasteiger partial charge in [-0.25, -0.2) is 15.0 Å². The molecule has 238 valence electrons. The molecule has 4 heterocycles. The Morgan fingerprint density at radius 3 is 2.16 bits per heavy atom. The van der Waals surface area contributed by atoms with Crippen LogP contribution in [0.2, 0.25) is 0 Å². The lowest BCUT2D eigenvalue weighted by Crippen LogP contribution is -2.00. The Kier molecular flexibility index (Phi) is 4.91. The first kappa shape index (κ1) is 22.9. The van der Waals surface area contributed by atoms with Crippen LogP contribution in [0.4, 0.5) is 0 Å². The third-order valence-corrected chi connectivity index (χ3v) is 10.4. The van der Waals surface area contributed by atoms with Crippen LogP contribution < -0.4 is 0 Å². The Morgan fingerprint density at radius 1 is 0.471 bits per heavy atom. The summed E-state index contributed by atoms with van der Waals surface area (Å²) in [6.07, 6.45) is 0. The second kappa shape index (κ2) is 10.9. The van der Waals surface area contributed by atoms with Gasteiger partial charge in [0.15, 0.2) is 17.5 Å². The fraction of sp³-hybridized carbons (Fsp3) is 0. The van der Waals surface area contributed by atoms with Crippen molar-refractivity contribution in [1.29, 1.82) is 0 Å². The molecule has 0 amide bonds. The SMILES string of the molecule is [2H]c1c([2H])c([2H])c2c(oc3c([2H])c(-c4nc(-c5ccccc5)nc(-c5cccc6sc7ccccc7c56)n4)c([2H])c([2H])c32)c1-c1ccc2oc3ccccc3c2c1. The highest BCUT2D eigenvalue weighted by Gasteiger charge is 2.19. The fourth-order valence-corrected chi connectivity index (χ4v) is 8.03. The van der Waals surface area contributed by atoms with Gasteiger partial charge in [-0.15, -0.1) is 11.3 Å². The van der Waals surface area contributed by atoms with Gasteiger partial charge in [0.1, 0.15) is 22.3 Å². The normalized spacial score (nSPS) is 13.6. The van der Waals surface area contributed by atoms with Gasteiger partial charge in [0.05, 0.1) is 8.22 Å². The van der Waals surface area contributed by atoms with E-state index in [4.69, 9.17) is 27.9 Å². The molecule has 0 radical (unpaired) electrons. The van der Waals surface area contributed by atoms with Crippen molar-refractivity contribution in [1.82, 2.24) is 15.0 Å². The third kappa shape index (κ3) is 4.43. The van der Waals surface area contributed by atoms with Crippen LogP contribution in [0, 0.1) is 0 Å². The average Bonchev–Trinajstić information content (AvgIpc) is 3.94. The fourth-order valence-electron chi connectivity index (χ4n) is 6.90. The third-order valence-electron chi connectivity index (χ3n) is 9.26. The van der Waals surface area contributed by atoms with Gasteiger partial charge in [0.2, 0.25) is 0 Å². The number of furan rings is 2. The molecule has 11 rings (SSSR count). The van der Waals surface area contributed by atoms with Gasteiger partial charge in [-0.1, -0.05) is 109 Å². The second-order valence-electron chi connectivity index (χ2n) is 12.3. The maximum Gasteiger partial charge on any atom is 0.164 e. The molecule has 0 aliphatic heterocycles. The first-order valence-corrected chi connectivity index (χ1v) is 17.2. The van der Waals surface area contributed by atoms with E-state index in [2.05, 4.69) is 18.2 Å². The zero-order valence-electron chi connectivity index (χ0n) is 32.5. The van der Waals surface area contributed by atoms with E-state index in [0.29, 0.717) is 33.9 Å². The van der Waals surface area contributed by atoms with Gasteiger partial charge in [0, 0.05) is 64.0 Å². The molecule has 7 aromatic carbocycles. The number of hydrogen-bond acceptors (Lipinski definition) is 6. The van der Waals surface area contributed by atoms with E-state index >= 15 is 0 Å². The lowest BCUT2D eigenvalue weighted by Gasteiger charge is -2.09. The summed E-state index contributed by atoms with van der Waals surface area (Å²) in [6, 6.07) is 34.8. The van der Waals surface area contributed by atoms with Crippen LogP contribution in [0.5, 0.6) is 0 Å². The van der Waals surface area contributed by atoms with Crippen LogP contribution in [0.25, 0.3) is 109 Å². The van der Waals surface area contributed by atoms with E-state index in [1.807, 2.05) is 84.9 Å². The molecule has 4 aromatic heterocycles. The largest absolute Gasteiger partial charge is 0.456 e. The van der Waals surface area contributed by atoms with Crippen LogP contribution >= 0.6 is 11.3 Å². The number of aromatic nitrogens is 3. The van der Waals surface area contributed by atoms with Crippen molar-refractivity contribution in [2.24, 2.45) is 0 Å².